The smallest absolute Gasteiger partial charge is 0.255 e. The van der Waals surface area contributed by atoms with E-state index < -0.39 is 6.04 Å². The van der Waals surface area contributed by atoms with Crippen molar-refractivity contribution in [2.24, 2.45) is 5.92 Å². The number of allylic oxidation sites excluding steroid dienone is 1. The van der Waals surface area contributed by atoms with E-state index in [9.17, 15) is 4.79 Å². The second-order valence-electron chi connectivity index (χ2n) is 9.19. The zero-order chi connectivity index (χ0) is 27.2. The highest BCUT2D eigenvalue weighted by Crippen LogP contribution is 2.43. The lowest BCUT2D eigenvalue weighted by Gasteiger charge is -2.29. The molecule has 0 spiro atoms. The van der Waals surface area contributed by atoms with E-state index in [4.69, 9.17) is 14.2 Å². The van der Waals surface area contributed by atoms with Crippen LogP contribution in [0.4, 0.5) is 11.6 Å². The fraction of sp³-hybridized carbons (Fsp3) is 0.407. The number of nitrogens with one attached hydrogen (secondary N) is 2. The van der Waals surface area contributed by atoms with E-state index in [-0.39, 0.29) is 5.91 Å². The highest BCUT2D eigenvalue weighted by molar-refractivity contribution is 9.10. The molecule has 2 heterocycles. The molecular weight excluding hydrogens is 552 g/mol. The van der Waals surface area contributed by atoms with Crippen molar-refractivity contribution in [1.29, 1.82) is 0 Å². The van der Waals surface area contributed by atoms with Crippen molar-refractivity contribution in [1.82, 2.24) is 20.2 Å². The van der Waals surface area contributed by atoms with E-state index >= 15 is 0 Å². The SMILES string of the molecule is CCOc1ccccc1NC(=O)C1=C(C)Nc2nnnn2C1c1cc(Br)c(OCCC(C)C)c(OCC)c1. The molecule has 0 fully saturated rings. The van der Waals surface area contributed by atoms with Gasteiger partial charge in [-0.1, -0.05) is 31.1 Å². The summed E-state index contributed by atoms with van der Waals surface area (Å²) in [6, 6.07) is 10.5. The number of ether oxygens (including phenoxy) is 3. The normalized spacial score (nSPS) is 14.7. The Hall–Kier alpha value is -3.60. The topological polar surface area (TPSA) is 112 Å². The molecule has 4 rings (SSSR count). The summed E-state index contributed by atoms with van der Waals surface area (Å²) in [5.41, 5.74) is 2.43. The fourth-order valence-electron chi connectivity index (χ4n) is 4.20. The van der Waals surface area contributed by atoms with Crippen LogP contribution >= 0.6 is 15.9 Å². The van der Waals surface area contributed by atoms with E-state index in [0.717, 1.165) is 16.5 Å². The minimum atomic E-state index is -0.624. The van der Waals surface area contributed by atoms with E-state index in [1.165, 1.54) is 0 Å². The predicted molar refractivity (Wildman–Crippen MR) is 149 cm³/mol. The van der Waals surface area contributed by atoms with Gasteiger partial charge in [-0.25, -0.2) is 0 Å². The summed E-state index contributed by atoms with van der Waals surface area (Å²) < 4.78 is 20.1. The fourth-order valence-corrected chi connectivity index (χ4v) is 4.78. The van der Waals surface area contributed by atoms with Crippen LogP contribution in [0.5, 0.6) is 17.2 Å². The maximum Gasteiger partial charge on any atom is 0.255 e. The van der Waals surface area contributed by atoms with Gasteiger partial charge in [0.1, 0.15) is 11.8 Å². The molecule has 1 unspecified atom stereocenters. The number of amides is 1. The summed E-state index contributed by atoms with van der Waals surface area (Å²) in [6.45, 7) is 11.4. The molecule has 0 saturated carbocycles. The van der Waals surface area contributed by atoms with Gasteiger partial charge in [0, 0.05) is 5.70 Å². The highest BCUT2D eigenvalue weighted by atomic mass is 79.9. The van der Waals surface area contributed by atoms with Gasteiger partial charge >= 0.3 is 0 Å². The summed E-state index contributed by atoms with van der Waals surface area (Å²) >= 11 is 3.67. The van der Waals surface area contributed by atoms with Gasteiger partial charge in [-0.2, -0.15) is 4.68 Å². The summed E-state index contributed by atoms with van der Waals surface area (Å²) in [5.74, 6) is 2.44. The standard InChI is InChI=1S/C27H33BrN6O4/c1-6-36-21-11-9-8-10-20(21)30-26(35)23-17(5)29-27-31-32-33-34(27)24(23)18-14-19(28)25(22(15-18)37-7-2)38-13-12-16(3)4/h8-11,14-16,24H,6-7,12-13H2,1-5H3,(H,30,35)(H,29,31,33). The number of hydrogen-bond acceptors (Lipinski definition) is 8. The average Bonchev–Trinajstić information content (AvgIpc) is 3.34. The Kier molecular flexibility index (Phi) is 8.88. The van der Waals surface area contributed by atoms with Crippen LogP contribution in [-0.4, -0.2) is 45.9 Å². The zero-order valence-corrected chi connectivity index (χ0v) is 23.8. The number of carbonyl (C=O) groups is 1. The maximum atomic E-state index is 13.8. The lowest BCUT2D eigenvalue weighted by molar-refractivity contribution is -0.113. The number of para-hydroxylation sites is 2. The quantitative estimate of drug-likeness (QED) is 0.300. The number of carbonyl (C=O) groups excluding carboxylic acids is 1. The number of hydrogen-bond donors (Lipinski definition) is 2. The Morgan fingerprint density at radius 2 is 1.87 bits per heavy atom. The van der Waals surface area contributed by atoms with Gasteiger partial charge in [-0.15, -0.1) is 0 Å². The molecule has 2 aromatic carbocycles. The van der Waals surface area contributed by atoms with Crippen LogP contribution in [-0.2, 0) is 4.79 Å². The van der Waals surface area contributed by atoms with Crippen molar-refractivity contribution in [3.63, 3.8) is 0 Å². The van der Waals surface area contributed by atoms with E-state index in [0.29, 0.717) is 65.9 Å². The molecule has 2 N–H and O–H groups in total. The second kappa shape index (κ2) is 12.3. The molecule has 1 aliphatic heterocycles. The first-order valence-corrected chi connectivity index (χ1v) is 13.5. The van der Waals surface area contributed by atoms with Gasteiger partial charge in [-0.3, -0.25) is 4.79 Å². The third kappa shape index (κ3) is 5.93. The number of aromatic nitrogens is 4. The first-order chi connectivity index (χ1) is 18.3. The molecule has 0 bridgehead atoms. The molecule has 3 aromatic rings. The monoisotopic (exact) mass is 584 g/mol. The van der Waals surface area contributed by atoms with Crippen LogP contribution in [0.15, 0.2) is 52.1 Å². The number of nitrogens with zero attached hydrogens (tertiary/aromatic N) is 4. The Morgan fingerprint density at radius 1 is 1.13 bits per heavy atom. The molecule has 1 aliphatic rings. The van der Waals surface area contributed by atoms with Gasteiger partial charge in [0.05, 0.1) is 35.6 Å². The van der Waals surface area contributed by atoms with Crippen LogP contribution in [0.1, 0.15) is 52.6 Å². The molecule has 1 amide bonds. The molecule has 10 nitrogen and oxygen atoms in total. The van der Waals surface area contributed by atoms with Crippen LogP contribution in [0.3, 0.4) is 0 Å². The molecule has 0 radical (unpaired) electrons. The van der Waals surface area contributed by atoms with Crippen molar-refractivity contribution < 1.29 is 19.0 Å². The maximum absolute atomic E-state index is 13.8. The number of anilines is 2. The number of rotatable bonds is 11. The second-order valence-corrected chi connectivity index (χ2v) is 10.0. The molecular formula is C27H33BrN6O4. The Balaban J connectivity index is 1.75. The molecule has 202 valence electrons. The molecule has 0 saturated heterocycles. The molecule has 38 heavy (non-hydrogen) atoms. The minimum Gasteiger partial charge on any atom is -0.492 e. The molecule has 11 heteroatoms. The first-order valence-electron chi connectivity index (χ1n) is 12.7. The number of benzene rings is 2. The minimum absolute atomic E-state index is 0.306. The van der Waals surface area contributed by atoms with Crippen molar-refractivity contribution in [2.75, 3.05) is 30.5 Å². The summed E-state index contributed by atoms with van der Waals surface area (Å²) in [6.07, 6.45) is 0.914. The van der Waals surface area contributed by atoms with E-state index in [1.807, 2.05) is 51.1 Å². The lowest BCUT2D eigenvalue weighted by atomic mass is 9.94. The molecule has 1 aromatic heterocycles. The Bertz CT molecular complexity index is 1320. The van der Waals surface area contributed by atoms with Crippen molar-refractivity contribution >= 4 is 33.5 Å². The van der Waals surface area contributed by atoms with Crippen LogP contribution in [0.2, 0.25) is 0 Å². The van der Waals surface area contributed by atoms with E-state index in [1.54, 1.807) is 10.7 Å². The molecule has 1 atom stereocenters. The van der Waals surface area contributed by atoms with Crippen molar-refractivity contribution in [3.05, 3.63) is 57.7 Å². The van der Waals surface area contributed by atoms with Gasteiger partial charge in [0.25, 0.3) is 5.91 Å². The lowest BCUT2D eigenvalue weighted by Crippen LogP contribution is -2.31. The first kappa shape index (κ1) is 27.4. The number of tetrazole rings is 1. The average molecular weight is 586 g/mol. The van der Waals surface area contributed by atoms with Crippen LogP contribution in [0, 0.1) is 5.92 Å². The largest absolute Gasteiger partial charge is 0.492 e. The van der Waals surface area contributed by atoms with Crippen molar-refractivity contribution in [3.8, 4) is 17.2 Å². The Morgan fingerprint density at radius 3 is 2.61 bits per heavy atom. The predicted octanol–water partition coefficient (Wildman–Crippen LogP) is 5.59. The summed E-state index contributed by atoms with van der Waals surface area (Å²) in [5, 5.41) is 18.3. The number of halogens is 1. The van der Waals surface area contributed by atoms with Crippen molar-refractivity contribution in [2.45, 2.75) is 47.1 Å². The third-order valence-corrected chi connectivity index (χ3v) is 6.57. The summed E-state index contributed by atoms with van der Waals surface area (Å²) in [7, 11) is 0. The van der Waals surface area contributed by atoms with E-state index in [2.05, 4.69) is 55.9 Å². The molecule has 0 aliphatic carbocycles. The Labute approximate surface area is 230 Å². The van der Waals surface area contributed by atoms with Gasteiger partial charge in [0.15, 0.2) is 11.5 Å². The zero-order valence-electron chi connectivity index (χ0n) is 22.2. The third-order valence-electron chi connectivity index (χ3n) is 5.98. The number of fused-ring (bicyclic) bond motifs is 1. The highest BCUT2D eigenvalue weighted by Gasteiger charge is 2.35. The van der Waals surface area contributed by atoms with Crippen LogP contribution < -0.4 is 24.8 Å². The summed E-state index contributed by atoms with van der Waals surface area (Å²) in [4.78, 5) is 13.8. The van der Waals surface area contributed by atoms with Crippen LogP contribution in [0.25, 0.3) is 0 Å². The van der Waals surface area contributed by atoms with Gasteiger partial charge in [0.2, 0.25) is 5.95 Å². The van der Waals surface area contributed by atoms with Gasteiger partial charge < -0.3 is 24.8 Å². The van der Waals surface area contributed by atoms with Gasteiger partial charge in [-0.05, 0) is 89.3 Å².